The van der Waals surface area contributed by atoms with Crippen molar-refractivity contribution >= 4 is 0 Å². The molecule has 0 spiro atoms. The van der Waals surface area contributed by atoms with Crippen molar-refractivity contribution in [1.29, 1.82) is 5.26 Å². The zero-order chi connectivity index (χ0) is 20.2. The number of methoxy groups -OCH3 is 1. The Morgan fingerprint density at radius 3 is 2.45 bits per heavy atom. The van der Waals surface area contributed by atoms with Gasteiger partial charge in [0, 0.05) is 34.6 Å². The molecule has 140 valence electrons. The van der Waals surface area contributed by atoms with Crippen LogP contribution in [0.25, 0.3) is 28.1 Å². The summed E-state index contributed by atoms with van der Waals surface area (Å²) in [6.07, 6.45) is 1.76. The van der Waals surface area contributed by atoms with Gasteiger partial charge in [-0.2, -0.15) is 5.26 Å². The summed E-state index contributed by atoms with van der Waals surface area (Å²) in [5.41, 5.74) is 3.42. The molecule has 2 aromatic carbocycles. The van der Waals surface area contributed by atoms with E-state index in [4.69, 9.17) is 4.74 Å². The molecule has 0 unspecified atom stereocenters. The smallest absolute Gasteiger partial charge is 0.263 e. The fourth-order valence-corrected chi connectivity index (χ4v) is 3.20. The maximum atomic E-state index is 13.4. The average Bonchev–Trinajstić information content (AvgIpc) is 2.80. The van der Waals surface area contributed by atoms with Crippen molar-refractivity contribution in [2.75, 3.05) is 7.11 Å². The van der Waals surface area contributed by atoms with Gasteiger partial charge < -0.3 is 4.74 Å². The van der Waals surface area contributed by atoms with Crippen molar-refractivity contribution in [1.82, 2.24) is 9.55 Å². The first kappa shape index (κ1) is 18.2. The normalized spacial score (nSPS) is 10.3. The van der Waals surface area contributed by atoms with Crippen LogP contribution in [-0.4, -0.2) is 16.7 Å². The Bertz CT molecular complexity index is 1270. The van der Waals surface area contributed by atoms with Crippen molar-refractivity contribution in [3.8, 4) is 40.0 Å². The van der Waals surface area contributed by atoms with Gasteiger partial charge in [0.15, 0.2) is 0 Å². The number of aromatic nitrogens is 2. The third-order valence-electron chi connectivity index (χ3n) is 4.62. The molecular formula is C24H17N3O2. The van der Waals surface area contributed by atoms with Crippen LogP contribution in [0, 0.1) is 11.3 Å². The van der Waals surface area contributed by atoms with E-state index in [9.17, 15) is 10.1 Å². The Hall–Kier alpha value is -4.17. The molecule has 29 heavy (non-hydrogen) atoms. The van der Waals surface area contributed by atoms with Crippen LogP contribution in [0.5, 0.6) is 5.88 Å². The number of benzene rings is 2. The molecule has 2 heterocycles. The van der Waals surface area contributed by atoms with Gasteiger partial charge >= 0.3 is 0 Å². The van der Waals surface area contributed by atoms with Crippen LogP contribution in [0.1, 0.15) is 5.56 Å². The van der Waals surface area contributed by atoms with Gasteiger partial charge in [0.05, 0.1) is 24.4 Å². The van der Waals surface area contributed by atoms with E-state index < -0.39 is 0 Å². The van der Waals surface area contributed by atoms with E-state index in [2.05, 4.69) is 11.1 Å². The summed E-state index contributed by atoms with van der Waals surface area (Å²) in [6, 6.07) is 25.9. The molecule has 0 atom stereocenters. The molecule has 0 aliphatic rings. The number of ether oxygens (including phenoxy) is 1. The number of nitriles is 1. The lowest BCUT2D eigenvalue weighted by Crippen LogP contribution is -2.20. The topological polar surface area (TPSA) is 67.9 Å². The zero-order valence-corrected chi connectivity index (χ0v) is 15.7. The molecule has 0 saturated carbocycles. The van der Waals surface area contributed by atoms with E-state index in [1.54, 1.807) is 48.2 Å². The number of hydrogen-bond donors (Lipinski definition) is 0. The van der Waals surface area contributed by atoms with Gasteiger partial charge in [-0.1, -0.05) is 42.5 Å². The largest absolute Gasteiger partial charge is 0.481 e. The lowest BCUT2D eigenvalue weighted by atomic mass is 9.99. The van der Waals surface area contributed by atoms with E-state index in [0.29, 0.717) is 28.3 Å². The maximum absolute atomic E-state index is 13.4. The first-order valence-electron chi connectivity index (χ1n) is 9.04. The molecule has 0 aliphatic carbocycles. The Morgan fingerprint density at radius 2 is 1.69 bits per heavy atom. The minimum atomic E-state index is -0.203. The van der Waals surface area contributed by atoms with Crippen molar-refractivity contribution in [3.05, 3.63) is 101 Å². The van der Waals surface area contributed by atoms with Crippen LogP contribution in [0.15, 0.2) is 89.9 Å². The van der Waals surface area contributed by atoms with Gasteiger partial charge in [0.1, 0.15) is 0 Å². The highest BCUT2D eigenvalue weighted by Gasteiger charge is 2.15. The SMILES string of the molecule is COc1cccc(-c2cc(-c3ccccc3C#N)c(=O)n(-c3ccccc3)c2)n1. The second-order valence-electron chi connectivity index (χ2n) is 6.38. The van der Waals surface area contributed by atoms with Crippen molar-refractivity contribution in [3.63, 3.8) is 0 Å². The number of pyridine rings is 2. The third kappa shape index (κ3) is 3.52. The summed E-state index contributed by atoms with van der Waals surface area (Å²) in [5, 5.41) is 9.52. The predicted molar refractivity (Wildman–Crippen MR) is 112 cm³/mol. The molecule has 4 rings (SSSR count). The summed E-state index contributed by atoms with van der Waals surface area (Å²) in [5.74, 6) is 0.485. The highest BCUT2D eigenvalue weighted by atomic mass is 16.5. The molecule has 0 amide bonds. The van der Waals surface area contributed by atoms with Crippen LogP contribution in [0.3, 0.4) is 0 Å². The van der Waals surface area contributed by atoms with Gasteiger partial charge in [0.25, 0.3) is 5.56 Å². The molecule has 5 heteroatoms. The predicted octanol–water partition coefficient (Wildman–Crippen LogP) is 4.45. The van der Waals surface area contributed by atoms with E-state index in [1.807, 2.05) is 48.5 Å². The second-order valence-corrected chi connectivity index (χ2v) is 6.38. The average molecular weight is 379 g/mol. The number of rotatable bonds is 4. The van der Waals surface area contributed by atoms with E-state index in [1.165, 1.54) is 0 Å². The lowest BCUT2D eigenvalue weighted by molar-refractivity contribution is 0.398. The summed E-state index contributed by atoms with van der Waals surface area (Å²) >= 11 is 0. The Kier molecular flexibility index (Phi) is 4.91. The first-order chi connectivity index (χ1) is 14.2. The first-order valence-corrected chi connectivity index (χ1v) is 9.04. The summed E-state index contributed by atoms with van der Waals surface area (Å²) in [4.78, 5) is 17.9. The molecule has 2 aromatic heterocycles. The Balaban J connectivity index is 2.03. The highest BCUT2D eigenvalue weighted by Crippen LogP contribution is 2.27. The molecule has 5 nitrogen and oxygen atoms in total. The zero-order valence-electron chi connectivity index (χ0n) is 15.7. The fraction of sp³-hybridized carbons (Fsp3) is 0.0417. The Labute approximate surface area is 168 Å². The lowest BCUT2D eigenvalue weighted by Gasteiger charge is -2.13. The molecule has 0 bridgehead atoms. The van der Waals surface area contributed by atoms with Gasteiger partial charge in [-0.3, -0.25) is 9.36 Å². The highest BCUT2D eigenvalue weighted by molar-refractivity contribution is 5.75. The summed E-state index contributed by atoms with van der Waals surface area (Å²) in [6.45, 7) is 0. The number of hydrogen-bond acceptors (Lipinski definition) is 4. The summed E-state index contributed by atoms with van der Waals surface area (Å²) < 4.78 is 6.83. The molecular weight excluding hydrogens is 362 g/mol. The van der Waals surface area contributed by atoms with E-state index >= 15 is 0 Å². The van der Waals surface area contributed by atoms with Gasteiger partial charge in [0.2, 0.25) is 5.88 Å². The van der Waals surface area contributed by atoms with Crippen molar-refractivity contribution in [2.24, 2.45) is 0 Å². The standard InChI is InChI=1S/C24H17N3O2/c1-29-23-13-7-12-22(26-23)18-14-21(20-11-6-5-8-17(20)15-25)24(28)27(16-18)19-9-3-2-4-10-19/h2-14,16H,1H3. The van der Waals surface area contributed by atoms with Crippen LogP contribution in [0.2, 0.25) is 0 Å². The minimum Gasteiger partial charge on any atom is -0.481 e. The maximum Gasteiger partial charge on any atom is 0.263 e. The summed E-state index contributed by atoms with van der Waals surface area (Å²) in [7, 11) is 1.56. The van der Waals surface area contributed by atoms with Crippen molar-refractivity contribution in [2.45, 2.75) is 0 Å². The quantitative estimate of drug-likeness (QED) is 0.525. The van der Waals surface area contributed by atoms with Crippen LogP contribution in [0.4, 0.5) is 0 Å². The van der Waals surface area contributed by atoms with Crippen LogP contribution in [-0.2, 0) is 0 Å². The molecule has 0 radical (unpaired) electrons. The van der Waals surface area contributed by atoms with Crippen LogP contribution >= 0.6 is 0 Å². The monoisotopic (exact) mass is 379 g/mol. The van der Waals surface area contributed by atoms with Gasteiger partial charge in [-0.25, -0.2) is 4.98 Å². The number of nitrogens with zero attached hydrogens (tertiary/aromatic N) is 3. The van der Waals surface area contributed by atoms with Crippen molar-refractivity contribution < 1.29 is 4.74 Å². The van der Waals surface area contributed by atoms with E-state index in [-0.39, 0.29) is 5.56 Å². The molecule has 4 aromatic rings. The van der Waals surface area contributed by atoms with Gasteiger partial charge in [-0.05, 0) is 30.3 Å². The minimum absolute atomic E-state index is 0.203. The van der Waals surface area contributed by atoms with Crippen LogP contribution < -0.4 is 10.3 Å². The molecule has 0 saturated heterocycles. The van der Waals surface area contributed by atoms with E-state index in [0.717, 1.165) is 11.3 Å². The fourth-order valence-electron chi connectivity index (χ4n) is 3.20. The second kappa shape index (κ2) is 7.83. The van der Waals surface area contributed by atoms with Gasteiger partial charge in [-0.15, -0.1) is 0 Å². The molecule has 0 fully saturated rings. The Morgan fingerprint density at radius 1 is 0.931 bits per heavy atom. The third-order valence-corrected chi connectivity index (χ3v) is 4.62. The molecule has 0 aliphatic heterocycles. The number of para-hydroxylation sites is 1. The molecule has 0 N–H and O–H groups in total.